The first-order chi connectivity index (χ1) is 13.5. The molecular formula is C22H30N4O2. The van der Waals surface area contributed by atoms with Crippen LogP contribution in [-0.4, -0.2) is 27.6 Å². The molecule has 28 heavy (non-hydrogen) atoms. The second-order valence-corrected chi connectivity index (χ2v) is 7.91. The molecule has 2 amide bonds. The standard InChI is InChI=1S/C22H30N4O2/c1-16(2)20(25-21(27)18-9-5-3-6-10-18)22(28)23-13-17-14-24-26(15-17)19-11-7-4-8-12-19/h4,7-8,11-12,14-16,18,20H,3,5-6,9-10,13H2,1-2H3,(H,23,28)(H,25,27)/t20-/m0/s1. The second-order valence-electron chi connectivity index (χ2n) is 7.91. The summed E-state index contributed by atoms with van der Waals surface area (Å²) in [7, 11) is 0. The third kappa shape index (κ3) is 5.21. The van der Waals surface area contributed by atoms with Gasteiger partial charge >= 0.3 is 0 Å². The van der Waals surface area contributed by atoms with E-state index in [1.54, 1.807) is 10.9 Å². The second kappa shape index (κ2) is 9.53. The van der Waals surface area contributed by atoms with E-state index in [0.29, 0.717) is 6.54 Å². The molecule has 1 atom stereocenters. The molecule has 2 aromatic rings. The van der Waals surface area contributed by atoms with Gasteiger partial charge in [0.1, 0.15) is 6.04 Å². The van der Waals surface area contributed by atoms with Crippen molar-refractivity contribution in [3.8, 4) is 5.69 Å². The monoisotopic (exact) mass is 382 g/mol. The Bertz CT molecular complexity index is 779. The number of hydrogen-bond acceptors (Lipinski definition) is 3. The lowest BCUT2D eigenvalue weighted by molar-refractivity contribution is -0.132. The first kappa shape index (κ1) is 20.1. The van der Waals surface area contributed by atoms with E-state index < -0.39 is 6.04 Å². The molecule has 3 rings (SSSR count). The maximum absolute atomic E-state index is 12.7. The van der Waals surface area contributed by atoms with Gasteiger partial charge in [0.15, 0.2) is 0 Å². The van der Waals surface area contributed by atoms with E-state index in [0.717, 1.165) is 36.9 Å². The van der Waals surface area contributed by atoms with Crippen molar-refractivity contribution < 1.29 is 9.59 Å². The van der Waals surface area contributed by atoms with Crippen LogP contribution in [-0.2, 0) is 16.1 Å². The summed E-state index contributed by atoms with van der Waals surface area (Å²) in [4.78, 5) is 25.2. The molecule has 1 saturated carbocycles. The lowest BCUT2D eigenvalue weighted by atomic mass is 9.88. The Kier molecular flexibility index (Phi) is 6.85. The number of hydrogen-bond donors (Lipinski definition) is 2. The van der Waals surface area contributed by atoms with Gasteiger partial charge in [0.25, 0.3) is 0 Å². The van der Waals surface area contributed by atoms with E-state index in [-0.39, 0.29) is 23.7 Å². The fraction of sp³-hybridized carbons (Fsp3) is 0.500. The number of rotatable bonds is 7. The van der Waals surface area contributed by atoms with Crippen molar-refractivity contribution in [1.29, 1.82) is 0 Å². The van der Waals surface area contributed by atoms with Crippen LogP contribution >= 0.6 is 0 Å². The maximum Gasteiger partial charge on any atom is 0.243 e. The molecule has 0 aliphatic heterocycles. The molecule has 6 heteroatoms. The molecule has 0 bridgehead atoms. The topological polar surface area (TPSA) is 76.0 Å². The number of carbonyl (C=O) groups excluding carboxylic acids is 2. The molecule has 1 fully saturated rings. The van der Waals surface area contributed by atoms with Gasteiger partial charge in [0.2, 0.25) is 11.8 Å². The van der Waals surface area contributed by atoms with Crippen molar-refractivity contribution >= 4 is 11.8 Å². The minimum atomic E-state index is -0.515. The summed E-state index contributed by atoms with van der Waals surface area (Å²) in [6, 6.07) is 9.32. The van der Waals surface area contributed by atoms with Crippen LogP contribution in [0.3, 0.4) is 0 Å². The van der Waals surface area contributed by atoms with Crippen LogP contribution in [0.15, 0.2) is 42.7 Å². The van der Waals surface area contributed by atoms with Crippen molar-refractivity contribution in [2.75, 3.05) is 0 Å². The predicted octanol–water partition coefficient (Wildman–Crippen LogP) is 3.21. The van der Waals surface area contributed by atoms with E-state index in [1.165, 1.54) is 6.42 Å². The average Bonchev–Trinajstić information content (AvgIpc) is 3.20. The van der Waals surface area contributed by atoms with Crippen molar-refractivity contribution in [1.82, 2.24) is 20.4 Å². The summed E-state index contributed by atoms with van der Waals surface area (Å²) < 4.78 is 1.78. The number of aromatic nitrogens is 2. The van der Waals surface area contributed by atoms with Crippen LogP contribution in [0.5, 0.6) is 0 Å². The highest BCUT2D eigenvalue weighted by atomic mass is 16.2. The molecule has 150 valence electrons. The molecule has 1 aromatic carbocycles. The molecule has 1 aromatic heterocycles. The molecule has 1 aliphatic carbocycles. The van der Waals surface area contributed by atoms with Gasteiger partial charge in [0.05, 0.1) is 11.9 Å². The summed E-state index contributed by atoms with van der Waals surface area (Å²) >= 11 is 0. The number of amides is 2. The highest BCUT2D eigenvalue weighted by Crippen LogP contribution is 2.24. The highest BCUT2D eigenvalue weighted by Gasteiger charge is 2.28. The summed E-state index contributed by atoms with van der Waals surface area (Å²) in [5, 5.41) is 10.3. The van der Waals surface area contributed by atoms with Crippen LogP contribution in [0, 0.1) is 11.8 Å². The minimum Gasteiger partial charge on any atom is -0.350 e. The Balaban J connectivity index is 1.55. The van der Waals surface area contributed by atoms with E-state index in [9.17, 15) is 9.59 Å². The smallest absolute Gasteiger partial charge is 0.243 e. The first-order valence-electron chi connectivity index (χ1n) is 10.2. The molecular weight excluding hydrogens is 352 g/mol. The molecule has 6 nitrogen and oxygen atoms in total. The largest absolute Gasteiger partial charge is 0.350 e. The molecule has 1 aliphatic rings. The normalized spacial score (nSPS) is 16.0. The summed E-state index contributed by atoms with van der Waals surface area (Å²) in [5.41, 5.74) is 1.89. The molecule has 1 heterocycles. The van der Waals surface area contributed by atoms with Crippen LogP contribution in [0.1, 0.15) is 51.5 Å². The molecule has 0 spiro atoms. The zero-order valence-corrected chi connectivity index (χ0v) is 16.7. The Morgan fingerprint density at radius 2 is 1.86 bits per heavy atom. The van der Waals surface area contributed by atoms with E-state index in [4.69, 9.17) is 0 Å². The highest BCUT2D eigenvalue weighted by molar-refractivity contribution is 5.88. The Morgan fingerprint density at radius 1 is 1.14 bits per heavy atom. The average molecular weight is 383 g/mol. The van der Waals surface area contributed by atoms with E-state index >= 15 is 0 Å². The van der Waals surface area contributed by atoms with Crippen molar-refractivity contribution in [2.45, 2.75) is 58.5 Å². The fourth-order valence-corrected chi connectivity index (χ4v) is 3.64. The molecule has 0 unspecified atom stereocenters. The fourth-order valence-electron chi connectivity index (χ4n) is 3.64. The van der Waals surface area contributed by atoms with Gasteiger partial charge < -0.3 is 10.6 Å². The van der Waals surface area contributed by atoms with E-state index in [2.05, 4.69) is 15.7 Å². The van der Waals surface area contributed by atoms with Crippen molar-refractivity contribution in [3.05, 3.63) is 48.3 Å². The number of nitrogens with zero attached hydrogens (tertiary/aromatic N) is 2. The Morgan fingerprint density at radius 3 is 2.54 bits per heavy atom. The molecule has 0 radical (unpaired) electrons. The van der Waals surface area contributed by atoms with Crippen LogP contribution in [0.4, 0.5) is 0 Å². The Labute approximate surface area is 166 Å². The van der Waals surface area contributed by atoms with Crippen molar-refractivity contribution in [2.24, 2.45) is 11.8 Å². The first-order valence-corrected chi connectivity index (χ1v) is 10.2. The SMILES string of the molecule is CC(C)[C@H](NC(=O)C1CCCCC1)C(=O)NCc1cnn(-c2ccccc2)c1. The third-order valence-corrected chi connectivity index (χ3v) is 5.35. The van der Waals surface area contributed by atoms with Crippen LogP contribution in [0.2, 0.25) is 0 Å². The molecule has 2 N–H and O–H groups in total. The predicted molar refractivity (Wildman–Crippen MR) is 109 cm³/mol. The number of nitrogens with one attached hydrogen (secondary N) is 2. The lowest BCUT2D eigenvalue weighted by Crippen LogP contribution is -2.51. The maximum atomic E-state index is 12.7. The van der Waals surface area contributed by atoms with Gasteiger partial charge in [0, 0.05) is 24.2 Å². The van der Waals surface area contributed by atoms with Gasteiger partial charge in [-0.2, -0.15) is 5.10 Å². The zero-order chi connectivity index (χ0) is 19.9. The summed E-state index contributed by atoms with van der Waals surface area (Å²) in [6.07, 6.45) is 8.91. The number of para-hydroxylation sites is 1. The lowest BCUT2D eigenvalue weighted by Gasteiger charge is -2.26. The van der Waals surface area contributed by atoms with Gasteiger partial charge in [-0.05, 0) is 30.9 Å². The van der Waals surface area contributed by atoms with Gasteiger partial charge in [-0.15, -0.1) is 0 Å². The van der Waals surface area contributed by atoms with E-state index in [1.807, 2.05) is 50.4 Å². The van der Waals surface area contributed by atoms with Crippen LogP contribution < -0.4 is 10.6 Å². The number of benzene rings is 1. The third-order valence-electron chi connectivity index (χ3n) is 5.35. The summed E-state index contributed by atoms with van der Waals surface area (Å²) in [6.45, 7) is 4.30. The van der Waals surface area contributed by atoms with Crippen molar-refractivity contribution in [3.63, 3.8) is 0 Å². The number of carbonyl (C=O) groups is 2. The zero-order valence-electron chi connectivity index (χ0n) is 16.7. The minimum absolute atomic E-state index is 0.0189. The Hall–Kier alpha value is -2.63. The summed E-state index contributed by atoms with van der Waals surface area (Å²) in [5.74, 6) is -0.0523. The van der Waals surface area contributed by atoms with Gasteiger partial charge in [-0.25, -0.2) is 4.68 Å². The van der Waals surface area contributed by atoms with Gasteiger partial charge in [-0.3, -0.25) is 9.59 Å². The molecule has 0 saturated heterocycles. The quantitative estimate of drug-likeness (QED) is 0.772. The van der Waals surface area contributed by atoms with Gasteiger partial charge in [-0.1, -0.05) is 51.3 Å². The van der Waals surface area contributed by atoms with Crippen LogP contribution in [0.25, 0.3) is 5.69 Å².